The number of rotatable bonds is 8. The van der Waals surface area contributed by atoms with E-state index in [4.69, 9.17) is 4.74 Å². The van der Waals surface area contributed by atoms with Gasteiger partial charge in [0.05, 0.1) is 5.69 Å². The predicted octanol–water partition coefficient (Wildman–Crippen LogP) is 3.80. The lowest BCUT2D eigenvalue weighted by atomic mass is 10.1. The van der Waals surface area contributed by atoms with Crippen molar-refractivity contribution in [2.45, 2.75) is 66.0 Å². The first-order valence-corrected chi connectivity index (χ1v) is 11.2. The van der Waals surface area contributed by atoms with Crippen molar-refractivity contribution >= 4 is 17.7 Å². The Bertz CT molecular complexity index is 910. The Labute approximate surface area is 191 Å². The van der Waals surface area contributed by atoms with Crippen molar-refractivity contribution in [1.82, 2.24) is 20.4 Å². The summed E-state index contributed by atoms with van der Waals surface area (Å²) in [5.41, 5.74) is 5.00. The molecule has 0 spiro atoms. The van der Waals surface area contributed by atoms with Gasteiger partial charge in [0, 0.05) is 44.1 Å². The van der Waals surface area contributed by atoms with Gasteiger partial charge in [0.15, 0.2) is 5.96 Å². The maximum Gasteiger partial charge on any atom is 0.412 e. The number of anilines is 1. The molecule has 176 valence electrons. The van der Waals surface area contributed by atoms with E-state index in [1.807, 2.05) is 56.8 Å². The second kappa shape index (κ2) is 11.5. The van der Waals surface area contributed by atoms with Crippen LogP contribution in [0.3, 0.4) is 0 Å². The number of nitrogens with zero attached hydrogens (tertiary/aromatic N) is 3. The number of guanidine groups is 1. The smallest absolute Gasteiger partial charge is 0.412 e. The molecule has 0 aliphatic heterocycles. The van der Waals surface area contributed by atoms with Crippen molar-refractivity contribution in [1.29, 1.82) is 0 Å². The molecule has 3 N–H and O–H groups in total. The van der Waals surface area contributed by atoms with E-state index in [2.05, 4.69) is 39.9 Å². The summed E-state index contributed by atoms with van der Waals surface area (Å²) in [5.74, 6) is 0.765. The molecule has 0 aliphatic carbocycles. The summed E-state index contributed by atoms with van der Waals surface area (Å²) >= 11 is 0. The van der Waals surface area contributed by atoms with Crippen LogP contribution in [0.2, 0.25) is 0 Å². The van der Waals surface area contributed by atoms with Crippen LogP contribution in [0.4, 0.5) is 10.5 Å². The molecule has 0 bridgehead atoms. The zero-order chi connectivity index (χ0) is 23.7. The molecule has 0 saturated carbocycles. The van der Waals surface area contributed by atoms with Gasteiger partial charge in [0.2, 0.25) is 0 Å². The Morgan fingerprint density at radius 2 is 1.81 bits per heavy atom. The van der Waals surface area contributed by atoms with E-state index >= 15 is 0 Å². The van der Waals surface area contributed by atoms with Crippen LogP contribution < -0.4 is 16.0 Å². The maximum atomic E-state index is 11.9. The number of carbonyl (C=O) groups excluding carboxylic acids is 1. The molecule has 0 radical (unpaired) electrons. The van der Waals surface area contributed by atoms with E-state index in [-0.39, 0.29) is 0 Å². The van der Waals surface area contributed by atoms with Gasteiger partial charge in [-0.3, -0.25) is 15.0 Å². The number of nitrogens with one attached hydrogen (secondary N) is 3. The minimum Gasteiger partial charge on any atom is -0.444 e. The van der Waals surface area contributed by atoms with E-state index in [1.54, 1.807) is 7.05 Å². The van der Waals surface area contributed by atoms with Crippen molar-refractivity contribution in [3.63, 3.8) is 0 Å². The van der Waals surface area contributed by atoms with Crippen LogP contribution in [-0.2, 0) is 37.6 Å². The lowest BCUT2D eigenvalue weighted by Gasteiger charge is -2.19. The highest BCUT2D eigenvalue weighted by Gasteiger charge is 2.16. The van der Waals surface area contributed by atoms with Crippen LogP contribution in [0.5, 0.6) is 0 Å². The van der Waals surface area contributed by atoms with Crippen LogP contribution in [0, 0.1) is 0 Å². The molecule has 1 aromatic carbocycles. The van der Waals surface area contributed by atoms with E-state index in [9.17, 15) is 4.79 Å². The number of carbonyl (C=O) groups is 1. The number of ether oxygens (including phenoxy) is 1. The third-order valence-corrected chi connectivity index (χ3v) is 4.99. The van der Waals surface area contributed by atoms with Crippen LogP contribution in [0.1, 0.15) is 57.1 Å². The standard InChI is InChI=1S/C24H38N6O2/c1-8-20-19(21(9-2)30(7)29-20)16-27-22(25-6)26-15-14-17-10-12-18(13-11-17)28-23(31)32-24(3,4)5/h10-13H,8-9,14-16H2,1-7H3,(H,28,31)(H2,25,26,27). The van der Waals surface area contributed by atoms with Gasteiger partial charge in [0.25, 0.3) is 0 Å². The van der Waals surface area contributed by atoms with Crippen LogP contribution in [-0.4, -0.2) is 41.0 Å². The van der Waals surface area contributed by atoms with Gasteiger partial charge in [-0.05, 0) is 57.7 Å². The molecule has 2 aromatic rings. The molecular weight excluding hydrogens is 404 g/mol. The Balaban J connectivity index is 1.83. The van der Waals surface area contributed by atoms with Crippen molar-refractivity contribution in [2.75, 3.05) is 18.9 Å². The number of hydrogen-bond donors (Lipinski definition) is 3. The Morgan fingerprint density at radius 1 is 1.12 bits per heavy atom. The van der Waals surface area contributed by atoms with Crippen molar-refractivity contribution < 1.29 is 9.53 Å². The summed E-state index contributed by atoms with van der Waals surface area (Å²) in [5, 5.41) is 14.2. The molecular formula is C24H38N6O2. The lowest BCUT2D eigenvalue weighted by Crippen LogP contribution is -2.38. The summed E-state index contributed by atoms with van der Waals surface area (Å²) < 4.78 is 7.25. The monoisotopic (exact) mass is 442 g/mol. The number of aliphatic imine (C=N–C) groups is 1. The summed E-state index contributed by atoms with van der Waals surface area (Å²) in [6.07, 6.45) is 2.25. The number of hydrogen-bond acceptors (Lipinski definition) is 4. The third-order valence-electron chi connectivity index (χ3n) is 4.99. The van der Waals surface area contributed by atoms with Gasteiger partial charge >= 0.3 is 6.09 Å². The second-order valence-electron chi connectivity index (χ2n) is 8.63. The summed E-state index contributed by atoms with van der Waals surface area (Å²) in [6, 6.07) is 7.77. The van der Waals surface area contributed by atoms with Crippen molar-refractivity contribution in [2.24, 2.45) is 12.0 Å². The SMILES string of the molecule is CCc1nn(C)c(CC)c1CNC(=NC)NCCc1ccc(NC(=O)OC(C)(C)C)cc1. The molecule has 0 atom stereocenters. The average Bonchev–Trinajstić information content (AvgIpc) is 3.04. The molecule has 0 fully saturated rings. The lowest BCUT2D eigenvalue weighted by molar-refractivity contribution is 0.0636. The first-order chi connectivity index (χ1) is 15.2. The quantitative estimate of drug-likeness (QED) is 0.427. The Hall–Kier alpha value is -3.03. The van der Waals surface area contributed by atoms with Gasteiger partial charge in [-0.1, -0.05) is 26.0 Å². The first kappa shape index (κ1) is 25.2. The Kier molecular flexibility index (Phi) is 9.11. The normalized spacial score (nSPS) is 11.9. The number of amides is 1. The highest BCUT2D eigenvalue weighted by Crippen LogP contribution is 2.15. The molecule has 2 rings (SSSR count). The number of aromatic nitrogens is 2. The predicted molar refractivity (Wildman–Crippen MR) is 130 cm³/mol. The van der Waals surface area contributed by atoms with E-state index in [0.29, 0.717) is 12.2 Å². The fraction of sp³-hybridized carbons (Fsp3) is 0.542. The van der Waals surface area contributed by atoms with Crippen LogP contribution in [0.15, 0.2) is 29.3 Å². The van der Waals surface area contributed by atoms with Crippen LogP contribution >= 0.6 is 0 Å². The number of benzene rings is 1. The molecule has 8 nitrogen and oxygen atoms in total. The molecule has 0 saturated heterocycles. The summed E-state index contributed by atoms with van der Waals surface area (Å²) in [7, 11) is 3.78. The minimum absolute atomic E-state index is 0.451. The summed E-state index contributed by atoms with van der Waals surface area (Å²) in [6.45, 7) is 11.3. The highest BCUT2D eigenvalue weighted by molar-refractivity contribution is 5.84. The summed E-state index contributed by atoms with van der Waals surface area (Å²) in [4.78, 5) is 16.2. The largest absolute Gasteiger partial charge is 0.444 e. The molecule has 32 heavy (non-hydrogen) atoms. The van der Waals surface area contributed by atoms with Gasteiger partial charge in [-0.15, -0.1) is 0 Å². The molecule has 0 unspecified atom stereocenters. The second-order valence-corrected chi connectivity index (χ2v) is 8.63. The van der Waals surface area contributed by atoms with E-state index < -0.39 is 11.7 Å². The zero-order valence-corrected chi connectivity index (χ0v) is 20.5. The molecule has 1 amide bonds. The van der Waals surface area contributed by atoms with E-state index in [0.717, 1.165) is 43.0 Å². The molecule has 0 aliphatic rings. The zero-order valence-electron chi connectivity index (χ0n) is 20.5. The fourth-order valence-electron chi connectivity index (χ4n) is 3.49. The van der Waals surface area contributed by atoms with Crippen LogP contribution in [0.25, 0.3) is 0 Å². The maximum absolute atomic E-state index is 11.9. The minimum atomic E-state index is -0.518. The van der Waals surface area contributed by atoms with E-state index in [1.165, 1.54) is 11.3 Å². The van der Waals surface area contributed by atoms with Gasteiger partial charge < -0.3 is 15.4 Å². The van der Waals surface area contributed by atoms with Gasteiger partial charge in [0.1, 0.15) is 5.60 Å². The van der Waals surface area contributed by atoms with Gasteiger partial charge in [-0.2, -0.15) is 5.10 Å². The van der Waals surface area contributed by atoms with Gasteiger partial charge in [-0.25, -0.2) is 4.79 Å². The number of aryl methyl sites for hydroxylation is 2. The first-order valence-electron chi connectivity index (χ1n) is 11.2. The third kappa shape index (κ3) is 7.59. The Morgan fingerprint density at radius 3 is 2.38 bits per heavy atom. The van der Waals surface area contributed by atoms with Crippen molar-refractivity contribution in [3.8, 4) is 0 Å². The molecule has 8 heteroatoms. The highest BCUT2D eigenvalue weighted by atomic mass is 16.6. The molecule has 1 aromatic heterocycles. The fourth-order valence-corrected chi connectivity index (χ4v) is 3.49. The topological polar surface area (TPSA) is 92.6 Å². The van der Waals surface area contributed by atoms with Crippen molar-refractivity contribution in [3.05, 3.63) is 46.8 Å². The average molecular weight is 443 g/mol. The molecule has 1 heterocycles.